The van der Waals surface area contributed by atoms with Crippen LogP contribution in [0.25, 0.3) is 0 Å². The van der Waals surface area contributed by atoms with E-state index in [9.17, 15) is 10.2 Å². The number of aliphatic hydroxyl groups excluding tert-OH is 2. The standard InChI is InChI=1S/C49H51O9P/c50-44-45(53-31-37-19-7-1-8-20-37)43(49(51)59(52,57-35-41-27-15-5-16-28-41)58-36-42-29-17-6-18-30-42)46(54-32-38-21-9-2-10-22-38)48(56-34-40-25-13-4-14-26-40)47(44)55-33-39-23-11-3-12-24-39/h1-30,43-51H,31-36H2/t43-,44+,45+,46+,47-,48-,49-/m0/s1. The molecule has 2 N–H and O–H groups in total. The third kappa shape index (κ3) is 11.7. The van der Waals surface area contributed by atoms with E-state index in [2.05, 4.69) is 0 Å². The molecule has 1 aliphatic carbocycles. The van der Waals surface area contributed by atoms with Gasteiger partial charge >= 0.3 is 7.60 Å². The molecule has 0 unspecified atom stereocenters. The number of hydrogen-bond donors (Lipinski definition) is 2. The molecule has 1 aliphatic rings. The molecule has 306 valence electrons. The van der Waals surface area contributed by atoms with Gasteiger partial charge in [0.1, 0.15) is 18.3 Å². The summed E-state index contributed by atoms with van der Waals surface area (Å²) in [6.45, 7) is 0.240. The van der Waals surface area contributed by atoms with E-state index in [1.807, 2.05) is 182 Å². The lowest BCUT2D eigenvalue weighted by molar-refractivity contribution is -0.267. The van der Waals surface area contributed by atoms with Crippen molar-refractivity contribution in [3.05, 3.63) is 215 Å². The van der Waals surface area contributed by atoms with E-state index < -0.39 is 49.9 Å². The highest BCUT2D eigenvalue weighted by atomic mass is 31.2. The smallest absolute Gasteiger partial charge is 0.360 e. The summed E-state index contributed by atoms with van der Waals surface area (Å²) in [5.74, 6) is -3.07. The van der Waals surface area contributed by atoms with Gasteiger partial charge in [0.2, 0.25) is 0 Å². The van der Waals surface area contributed by atoms with Gasteiger partial charge < -0.3 is 38.2 Å². The van der Waals surface area contributed by atoms with Crippen LogP contribution < -0.4 is 0 Å². The second-order valence-electron chi connectivity index (χ2n) is 14.6. The number of hydrogen-bond acceptors (Lipinski definition) is 9. The van der Waals surface area contributed by atoms with Crippen LogP contribution in [0, 0.1) is 5.92 Å². The third-order valence-electron chi connectivity index (χ3n) is 10.4. The lowest BCUT2D eigenvalue weighted by Gasteiger charge is -2.50. The van der Waals surface area contributed by atoms with Crippen molar-refractivity contribution in [2.45, 2.75) is 76.0 Å². The van der Waals surface area contributed by atoms with E-state index in [0.717, 1.165) is 33.4 Å². The van der Waals surface area contributed by atoms with Crippen molar-refractivity contribution in [1.82, 2.24) is 0 Å². The Morgan fingerprint density at radius 3 is 1.00 bits per heavy atom. The van der Waals surface area contributed by atoms with E-state index in [-0.39, 0.29) is 39.6 Å². The molecule has 0 bridgehead atoms. The van der Waals surface area contributed by atoms with Crippen LogP contribution in [-0.4, -0.2) is 46.6 Å². The van der Waals surface area contributed by atoms with E-state index in [1.165, 1.54) is 0 Å². The Bertz CT molecular complexity index is 2080. The van der Waals surface area contributed by atoms with Crippen LogP contribution in [0.4, 0.5) is 0 Å². The first-order valence-corrected chi connectivity index (χ1v) is 21.5. The summed E-state index contributed by atoms with van der Waals surface area (Å²) in [7, 11) is -4.50. The molecule has 0 aliphatic heterocycles. The summed E-state index contributed by atoms with van der Waals surface area (Å²) in [6.07, 6.45) is -5.66. The van der Waals surface area contributed by atoms with Gasteiger partial charge in [-0.2, -0.15) is 0 Å². The van der Waals surface area contributed by atoms with E-state index in [1.54, 1.807) is 0 Å². The normalized spacial score (nSPS) is 21.2. The van der Waals surface area contributed by atoms with Crippen molar-refractivity contribution in [2.75, 3.05) is 0 Å². The minimum absolute atomic E-state index is 0.0676. The predicted molar refractivity (Wildman–Crippen MR) is 226 cm³/mol. The molecule has 0 aromatic heterocycles. The quantitative estimate of drug-likeness (QED) is 0.0729. The summed E-state index contributed by atoms with van der Waals surface area (Å²) in [5.41, 5.74) is 4.94. The topological polar surface area (TPSA) is 113 Å². The van der Waals surface area contributed by atoms with Crippen molar-refractivity contribution < 1.29 is 42.8 Å². The zero-order valence-electron chi connectivity index (χ0n) is 32.8. The zero-order chi connectivity index (χ0) is 40.7. The van der Waals surface area contributed by atoms with Gasteiger partial charge in [-0.3, -0.25) is 4.57 Å². The number of rotatable bonds is 20. The van der Waals surface area contributed by atoms with Gasteiger partial charge in [-0.25, -0.2) is 0 Å². The number of aliphatic hydroxyl groups is 2. The number of benzene rings is 6. The van der Waals surface area contributed by atoms with Crippen LogP contribution in [-0.2, 0) is 72.2 Å². The van der Waals surface area contributed by atoms with Gasteiger partial charge in [-0.1, -0.05) is 182 Å². The molecule has 6 aromatic carbocycles. The minimum Gasteiger partial charge on any atom is -0.388 e. The average Bonchev–Trinajstić information content (AvgIpc) is 3.30. The molecule has 59 heavy (non-hydrogen) atoms. The maximum atomic E-state index is 15.4. The molecular weight excluding hydrogens is 764 g/mol. The SMILES string of the molecule is O=P(OCc1ccccc1)(OCc1ccccc1)[C@H](O)[C@H]1[C@@H](OCc2ccccc2)[C@@H](O)[C@H](OCc2ccccc2)[C@@H](OCc2ccccc2)[C@@H]1OCc1ccccc1. The Labute approximate surface area is 346 Å². The fourth-order valence-corrected chi connectivity index (χ4v) is 9.08. The molecule has 7 rings (SSSR count). The Hall–Kier alpha value is -4.77. The van der Waals surface area contributed by atoms with E-state index in [4.69, 9.17) is 28.0 Å². The molecule has 0 amide bonds. The number of ether oxygens (including phenoxy) is 4. The van der Waals surface area contributed by atoms with Gasteiger partial charge in [0, 0.05) is 0 Å². The molecule has 10 heteroatoms. The highest BCUT2D eigenvalue weighted by Gasteiger charge is 2.59. The second-order valence-corrected chi connectivity index (χ2v) is 16.7. The summed E-state index contributed by atoms with van der Waals surface area (Å²) in [6, 6.07) is 57.0. The molecule has 0 radical (unpaired) electrons. The first-order valence-electron chi connectivity index (χ1n) is 19.9. The Balaban J connectivity index is 1.31. The molecule has 7 atom stereocenters. The Morgan fingerprint density at radius 1 is 0.390 bits per heavy atom. The van der Waals surface area contributed by atoms with E-state index >= 15 is 4.57 Å². The van der Waals surface area contributed by atoms with Crippen LogP contribution in [0.2, 0.25) is 0 Å². The van der Waals surface area contributed by atoms with Gasteiger partial charge in [0.05, 0.1) is 57.8 Å². The Kier molecular flexibility index (Phi) is 15.4. The van der Waals surface area contributed by atoms with Crippen LogP contribution in [0.1, 0.15) is 33.4 Å². The fourth-order valence-electron chi connectivity index (χ4n) is 7.28. The highest BCUT2D eigenvalue weighted by Crippen LogP contribution is 2.58. The summed E-state index contributed by atoms with van der Waals surface area (Å²) in [4.78, 5) is 0. The fraction of sp³-hybridized carbons (Fsp3) is 0.265. The van der Waals surface area contributed by atoms with Crippen molar-refractivity contribution in [1.29, 1.82) is 0 Å². The van der Waals surface area contributed by atoms with Crippen LogP contribution in [0.3, 0.4) is 0 Å². The second kappa shape index (κ2) is 21.5. The summed E-state index contributed by atoms with van der Waals surface area (Å²) >= 11 is 0. The lowest BCUT2D eigenvalue weighted by Crippen LogP contribution is -2.66. The predicted octanol–water partition coefficient (Wildman–Crippen LogP) is 9.26. The van der Waals surface area contributed by atoms with Crippen molar-refractivity contribution in [3.63, 3.8) is 0 Å². The minimum atomic E-state index is -4.50. The first kappa shape index (κ1) is 42.4. The van der Waals surface area contributed by atoms with E-state index in [0.29, 0.717) is 0 Å². The largest absolute Gasteiger partial charge is 0.388 e. The van der Waals surface area contributed by atoms with Crippen LogP contribution in [0.5, 0.6) is 0 Å². The monoisotopic (exact) mass is 814 g/mol. The van der Waals surface area contributed by atoms with Gasteiger partial charge in [0.15, 0.2) is 5.85 Å². The van der Waals surface area contributed by atoms with Gasteiger partial charge in [0.25, 0.3) is 0 Å². The molecule has 0 saturated heterocycles. The molecule has 6 aromatic rings. The van der Waals surface area contributed by atoms with Gasteiger partial charge in [-0.15, -0.1) is 0 Å². The summed E-state index contributed by atoms with van der Waals surface area (Å²) < 4.78 is 54.8. The van der Waals surface area contributed by atoms with Gasteiger partial charge in [-0.05, 0) is 33.4 Å². The van der Waals surface area contributed by atoms with Crippen LogP contribution >= 0.6 is 7.60 Å². The molecule has 1 fully saturated rings. The highest BCUT2D eigenvalue weighted by molar-refractivity contribution is 7.54. The molecule has 0 heterocycles. The first-order chi connectivity index (χ1) is 29.0. The zero-order valence-corrected chi connectivity index (χ0v) is 33.7. The maximum Gasteiger partial charge on any atom is 0.360 e. The van der Waals surface area contributed by atoms with Crippen molar-refractivity contribution in [2.24, 2.45) is 5.92 Å². The molecule has 0 spiro atoms. The third-order valence-corrected chi connectivity index (χ3v) is 12.4. The molecule has 1 saturated carbocycles. The molecule has 9 nitrogen and oxygen atoms in total. The maximum absolute atomic E-state index is 15.4. The van der Waals surface area contributed by atoms with Crippen molar-refractivity contribution in [3.8, 4) is 0 Å². The summed E-state index contributed by atoms with van der Waals surface area (Å²) in [5, 5.41) is 25.4. The average molecular weight is 815 g/mol. The van der Waals surface area contributed by atoms with Crippen LogP contribution in [0.15, 0.2) is 182 Å². The van der Waals surface area contributed by atoms with Crippen molar-refractivity contribution >= 4 is 7.60 Å². The Morgan fingerprint density at radius 2 is 0.661 bits per heavy atom. The lowest BCUT2D eigenvalue weighted by atomic mass is 9.77. The molecular formula is C49H51O9P.